The lowest BCUT2D eigenvalue weighted by Gasteiger charge is -2.17. The molecule has 0 radical (unpaired) electrons. The summed E-state index contributed by atoms with van der Waals surface area (Å²) in [5.41, 5.74) is 1.74. The van der Waals surface area contributed by atoms with E-state index in [-0.39, 0.29) is 23.5 Å². The summed E-state index contributed by atoms with van der Waals surface area (Å²) in [7, 11) is 0. The summed E-state index contributed by atoms with van der Waals surface area (Å²) in [4.78, 5) is 25.0. The highest BCUT2D eigenvalue weighted by molar-refractivity contribution is 7.98. The molecular weight excluding hydrogens is 459 g/mol. The number of amides is 2. The Morgan fingerprint density at radius 3 is 2.52 bits per heavy atom. The second-order valence-electron chi connectivity index (χ2n) is 6.74. The van der Waals surface area contributed by atoms with E-state index in [0.29, 0.717) is 17.9 Å². The molecule has 1 atom stereocenters. The molecule has 0 saturated heterocycles. The average Bonchev–Trinajstić information content (AvgIpc) is 2.78. The molecule has 0 aromatic heterocycles. The number of phenolic OH excluding ortho intramolecular Hbond substituents is 1. The number of ether oxygens (including phenoxy) is 1. The topological polar surface area (TPSA) is 100 Å². The van der Waals surface area contributed by atoms with Gasteiger partial charge in [-0.2, -0.15) is 30.0 Å². The fraction of sp³-hybridized carbons (Fsp3) is 0.318. The smallest absolute Gasteiger partial charge is 0.416 e. The zero-order valence-electron chi connectivity index (χ0n) is 18.0. The Bertz CT molecular complexity index is 982. The Hall–Kier alpha value is -3.21. The van der Waals surface area contributed by atoms with Crippen LogP contribution in [0.2, 0.25) is 0 Å². The normalized spacial score (nSPS) is 12.4. The van der Waals surface area contributed by atoms with E-state index in [1.54, 1.807) is 25.1 Å². The van der Waals surface area contributed by atoms with E-state index in [1.807, 2.05) is 6.26 Å². The standard InChI is InChI=1S/C22H24F3N3O4S/c1-3-32-18-6-4-5-15(19(18)29)13-26-28-21(31)17(11-12-33-2)27-20(30)14-7-9-16(10-8-14)22(23,24)25/h4-10,13,17,29H,3,11-12H2,1-2H3,(H,27,30)(H,28,31)/b26-13+. The maximum Gasteiger partial charge on any atom is 0.416 e. The monoisotopic (exact) mass is 483 g/mol. The van der Waals surface area contributed by atoms with Gasteiger partial charge in [-0.25, -0.2) is 5.43 Å². The third kappa shape index (κ3) is 7.70. The van der Waals surface area contributed by atoms with Gasteiger partial charge in [0.15, 0.2) is 11.5 Å². The van der Waals surface area contributed by atoms with Gasteiger partial charge in [0, 0.05) is 11.1 Å². The minimum absolute atomic E-state index is 0.00823. The molecule has 2 amide bonds. The molecule has 0 saturated carbocycles. The summed E-state index contributed by atoms with van der Waals surface area (Å²) in [6, 6.07) is 7.56. The third-order valence-corrected chi connectivity index (χ3v) is 5.06. The first-order chi connectivity index (χ1) is 15.7. The van der Waals surface area contributed by atoms with Crippen LogP contribution in [-0.2, 0) is 11.0 Å². The largest absolute Gasteiger partial charge is 0.504 e. The Labute approximate surface area is 193 Å². The molecular formula is C22H24F3N3O4S. The number of alkyl halides is 3. The van der Waals surface area contributed by atoms with Gasteiger partial charge in [0.2, 0.25) is 0 Å². The van der Waals surface area contributed by atoms with Crippen LogP contribution < -0.4 is 15.5 Å². The molecule has 7 nitrogen and oxygen atoms in total. The molecule has 2 aromatic rings. The van der Waals surface area contributed by atoms with E-state index in [1.165, 1.54) is 18.0 Å². The molecule has 1 unspecified atom stereocenters. The van der Waals surface area contributed by atoms with Crippen molar-refractivity contribution in [3.05, 3.63) is 59.2 Å². The lowest BCUT2D eigenvalue weighted by Crippen LogP contribution is -2.45. The number of para-hydroxylation sites is 1. The number of hydrazone groups is 1. The lowest BCUT2D eigenvalue weighted by molar-refractivity contribution is -0.137. The van der Waals surface area contributed by atoms with Gasteiger partial charge in [-0.1, -0.05) is 6.07 Å². The minimum atomic E-state index is -4.51. The molecule has 11 heteroatoms. The summed E-state index contributed by atoms with van der Waals surface area (Å²) in [5, 5.41) is 16.5. The number of aromatic hydroxyl groups is 1. The molecule has 2 aromatic carbocycles. The zero-order valence-corrected chi connectivity index (χ0v) is 18.8. The first kappa shape index (κ1) is 26.0. The number of nitrogens with zero attached hydrogens (tertiary/aromatic N) is 1. The number of thioether (sulfide) groups is 1. The Morgan fingerprint density at radius 1 is 1.21 bits per heavy atom. The molecule has 0 bridgehead atoms. The van der Waals surface area contributed by atoms with Crippen LogP contribution in [0.25, 0.3) is 0 Å². The number of benzene rings is 2. The number of halogens is 3. The van der Waals surface area contributed by atoms with Crippen molar-refractivity contribution in [1.82, 2.24) is 10.7 Å². The van der Waals surface area contributed by atoms with E-state index in [0.717, 1.165) is 24.3 Å². The first-order valence-electron chi connectivity index (χ1n) is 9.92. The zero-order chi connectivity index (χ0) is 24.4. The highest BCUT2D eigenvalue weighted by Crippen LogP contribution is 2.29. The molecule has 3 N–H and O–H groups in total. The van der Waals surface area contributed by atoms with Crippen molar-refractivity contribution in [2.24, 2.45) is 5.10 Å². The number of nitrogens with one attached hydrogen (secondary N) is 2. The number of phenols is 1. The molecule has 0 aliphatic carbocycles. The molecule has 0 heterocycles. The SMILES string of the molecule is CCOc1cccc(/C=N/NC(=O)C(CCSC)NC(=O)c2ccc(C(F)(F)F)cc2)c1O. The maximum absolute atomic E-state index is 12.7. The number of hydrogen-bond donors (Lipinski definition) is 3. The number of carbonyl (C=O) groups is 2. The average molecular weight is 484 g/mol. The van der Waals surface area contributed by atoms with Crippen LogP contribution in [0.1, 0.15) is 34.8 Å². The van der Waals surface area contributed by atoms with Gasteiger partial charge in [0.25, 0.3) is 11.8 Å². The third-order valence-electron chi connectivity index (χ3n) is 4.42. The predicted octanol–water partition coefficient (Wildman–Crippen LogP) is 3.81. The molecule has 0 spiro atoms. The van der Waals surface area contributed by atoms with Gasteiger partial charge < -0.3 is 15.2 Å². The van der Waals surface area contributed by atoms with E-state index < -0.39 is 29.6 Å². The first-order valence-corrected chi connectivity index (χ1v) is 11.3. The minimum Gasteiger partial charge on any atom is -0.504 e. The summed E-state index contributed by atoms with van der Waals surface area (Å²) in [5.74, 6) is -0.606. The molecule has 33 heavy (non-hydrogen) atoms. The van der Waals surface area contributed by atoms with Crippen molar-refractivity contribution in [1.29, 1.82) is 0 Å². The van der Waals surface area contributed by atoms with Crippen molar-refractivity contribution in [2.45, 2.75) is 25.6 Å². The molecule has 178 valence electrons. The predicted molar refractivity (Wildman–Crippen MR) is 121 cm³/mol. The number of rotatable bonds is 10. The van der Waals surface area contributed by atoms with Crippen LogP contribution >= 0.6 is 11.8 Å². The second-order valence-corrected chi connectivity index (χ2v) is 7.73. The van der Waals surface area contributed by atoms with Gasteiger partial charge in [-0.3, -0.25) is 9.59 Å². The summed E-state index contributed by atoms with van der Waals surface area (Å²) >= 11 is 1.46. The molecule has 0 aliphatic rings. The summed E-state index contributed by atoms with van der Waals surface area (Å²) in [6.07, 6.45) is -1.16. The van der Waals surface area contributed by atoms with Gasteiger partial charge in [0.05, 0.1) is 18.4 Å². The van der Waals surface area contributed by atoms with Crippen molar-refractivity contribution in [2.75, 3.05) is 18.6 Å². The van der Waals surface area contributed by atoms with E-state index in [4.69, 9.17) is 4.74 Å². The Balaban J connectivity index is 2.06. The fourth-order valence-corrected chi connectivity index (χ4v) is 3.19. The van der Waals surface area contributed by atoms with Crippen LogP contribution in [0.3, 0.4) is 0 Å². The van der Waals surface area contributed by atoms with Crippen LogP contribution in [0.15, 0.2) is 47.6 Å². The summed E-state index contributed by atoms with van der Waals surface area (Å²) < 4.78 is 43.4. The second kappa shape index (κ2) is 12.1. The van der Waals surface area contributed by atoms with Crippen LogP contribution in [0.4, 0.5) is 13.2 Å². The van der Waals surface area contributed by atoms with E-state index in [9.17, 15) is 27.9 Å². The molecule has 2 rings (SSSR count). The number of hydrogen-bond acceptors (Lipinski definition) is 6. The lowest BCUT2D eigenvalue weighted by atomic mass is 10.1. The van der Waals surface area contributed by atoms with Crippen molar-refractivity contribution < 1.29 is 32.6 Å². The Morgan fingerprint density at radius 2 is 1.91 bits per heavy atom. The highest BCUT2D eigenvalue weighted by Gasteiger charge is 2.30. The van der Waals surface area contributed by atoms with Crippen molar-refractivity contribution in [3.8, 4) is 11.5 Å². The van der Waals surface area contributed by atoms with Gasteiger partial charge in [-0.05, 0) is 61.8 Å². The highest BCUT2D eigenvalue weighted by atomic mass is 32.2. The van der Waals surface area contributed by atoms with E-state index in [2.05, 4.69) is 15.8 Å². The van der Waals surface area contributed by atoms with Crippen molar-refractivity contribution >= 4 is 29.8 Å². The molecule has 0 fully saturated rings. The summed E-state index contributed by atoms with van der Waals surface area (Å²) in [6.45, 7) is 2.13. The Kier molecular flexibility index (Phi) is 9.58. The van der Waals surface area contributed by atoms with Crippen LogP contribution in [-0.4, -0.2) is 47.8 Å². The van der Waals surface area contributed by atoms with Crippen LogP contribution in [0, 0.1) is 0 Å². The van der Waals surface area contributed by atoms with Crippen molar-refractivity contribution in [3.63, 3.8) is 0 Å². The van der Waals surface area contributed by atoms with Gasteiger partial charge in [-0.15, -0.1) is 0 Å². The van der Waals surface area contributed by atoms with E-state index >= 15 is 0 Å². The van der Waals surface area contributed by atoms with Crippen LogP contribution in [0.5, 0.6) is 11.5 Å². The van der Waals surface area contributed by atoms with Gasteiger partial charge in [0.1, 0.15) is 6.04 Å². The fourth-order valence-electron chi connectivity index (χ4n) is 2.72. The quantitative estimate of drug-likeness (QED) is 0.353. The maximum atomic E-state index is 12.7. The van der Waals surface area contributed by atoms with Gasteiger partial charge >= 0.3 is 6.18 Å². The molecule has 0 aliphatic heterocycles. The number of carbonyl (C=O) groups excluding carboxylic acids is 2.